The molecule has 0 amide bonds. The van der Waals surface area contributed by atoms with E-state index in [1.54, 1.807) is 6.07 Å². The number of ether oxygens (including phenoxy) is 1. The third-order valence-electron chi connectivity index (χ3n) is 3.63. The van der Waals surface area contributed by atoms with Crippen LogP contribution in [0.5, 0.6) is 0 Å². The van der Waals surface area contributed by atoms with Crippen molar-refractivity contribution >= 4 is 23.4 Å². The second-order valence-corrected chi connectivity index (χ2v) is 5.98. The summed E-state index contributed by atoms with van der Waals surface area (Å²) in [7, 11) is 1.41. The molecule has 3 rings (SSSR count). The van der Waals surface area contributed by atoms with Crippen molar-refractivity contribution in [1.29, 1.82) is 0 Å². The molecule has 0 fully saturated rings. The van der Waals surface area contributed by atoms with Gasteiger partial charge in [0.15, 0.2) is 0 Å². The Balaban J connectivity index is 1.90. The summed E-state index contributed by atoms with van der Waals surface area (Å²) in [5.41, 5.74) is 4.08. The van der Waals surface area contributed by atoms with Gasteiger partial charge in [-0.2, -0.15) is 11.8 Å². The first-order chi connectivity index (χ1) is 10.3. The molecule has 1 aliphatic heterocycles. The van der Waals surface area contributed by atoms with Crippen molar-refractivity contribution in [2.75, 3.05) is 18.2 Å². The largest absolute Gasteiger partial charge is 0.465 e. The van der Waals surface area contributed by atoms with E-state index >= 15 is 0 Å². The van der Waals surface area contributed by atoms with Gasteiger partial charge in [-0.1, -0.05) is 36.4 Å². The first-order valence-electron chi connectivity index (χ1n) is 6.89. The summed E-state index contributed by atoms with van der Waals surface area (Å²) < 4.78 is 4.85. The molecule has 0 saturated carbocycles. The topological polar surface area (TPSA) is 38.3 Å². The van der Waals surface area contributed by atoms with E-state index in [2.05, 4.69) is 29.6 Å². The zero-order chi connectivity index (χ0) is 14.7. The van der Waals surface area contributed by atoms with Crippen LogP contribution >= 0.6 is 11.8 Å². The first kappa shape index (κ1) is 14.0. The maximum Gasteiger partial charge on any atom is 0.339 e. The van der Waals surface area contributed by atoms with Crippen molar-refractivity contribution in [3.63, 3.8) is 0 Å². The summed E-state index contributed by atoms with van der Waals surface area (Å²) in [6, 6.07) is 16.2. The van der Waals surface area contributed by atoms with Crippen molar-refractivity contribution in [3.8, 4) is 0 Å². The van der Waals surface area contributed by atoms with Crippen LogP contribution in [0, 0.1) is 0 Å². The number of methoxy groups -OCH3 is 1. The van der Waals surface area contributed by atoms with E-state index in [0.717, 1.165) is 17.2 Å². The number of para-hydroxylation sites is 1. The number of rotatable bonds is 3. The molecule has 1 N–H and O–H groups in total. The van der Waals surface area contributed by atoms with Crippen LogP contribution in [0.15, 0.2) is 48.5 Å². The molecule has 3 nitrogen and oxygen atoms in total. The molecule has 0 bridgehead atoms. The summed E-state index contributed by atoms with van der Waals surface area (Å²) in [6.07, 6.45) is 0. The number of carbonyl (C=O) groups excluding carboxylic acids is 1. The number of esters is 1. The van der Waals surface area contributed by atoms with Gasteiger partial charge in [0.25, 0.3) is 0 Å². The van der Waals surface area contributed by atoms with Crippen molar-refractivity contribution < 1.29 is 9.53 Å². The molecular formula is C17H17NO2S. The summed E-state index contributed by atoms with van der Waals surface area (Å²) in [5.74, 6) is 1.73. The number of benzene rings is 2. The Hall–Kier alpha value is -1.94. The zero-order valence-electron chi connectivity index (χ0n) is 11.8. The van der Waals surface area contributed by atoms with Crippen LogP contribution in [0.4, 0.5) is 5.69 Å². The quantitative estimate of drug-likeness (QED) is 0.873. The number of carbonyl (C=O) groups is 1. The van der Waals surface area contributed by atoms with E-state index in [1.165, 1.54) is 18.2 Å². The van der Waals surface area contributed by atoms with Gasteiger partial charge in [-0.15, -0.1) is 0 Å². The van der Waals surface area contributed by atoms with Crippen LogP contribution in [-0.2, 0) is 10.5 Å². The average molecular weight is 299 g/mol. The third-order valence-corrected chi connectivity index (χ3v) is 4.72. The Kier molecular flexibility index (Phi) is 4.15. The fourth-order valence-electron chi connectivity index (χ4n) is 2.59. The van der Waals surface area contributed by atoms with E-state index in [4.69, 9.17) is 4.74 Å². The number of thioether (sulfide) groups is 1. The van der Waals surface area contributed by atoms with Gasteiger partial charge >= 0.3 is 5.97 Å². The monoisotopic (exact) mass is 299 g/mol. The minimum atomic E-state index is -0.310. The van der Waals surface area contributed by atoms with Crippen LogP contribution in [0.2, 0.25) is 0 Å². The summed E-state index contributed by atoms with van der Waals surface area (Å²) in [4.78, 5) is 11.9. The van der Waals surface area contributed by atoms with E-state index in [0.29, 0.717) is 5.56 Å². The van der Waals surface area contributed by atoms with Gasteiger partial charge in [0, 0.05) is 17.2 Å². The highest BCUT2D eigenvalue weighted by Crippen LogP contribution is 2.34. The SMILES string of the molecule is COC(=O)c1ccccc1NC1CSCc2ccccc21. The van der Waals surface area contributed by atoms with Crippen molar-refractivity contribution in [3.05, 3.63) is 65.2 Å². The van der Waals surface area contributed by atoms with Crippen LogP contribution in [-0.4, -0.2) is 18.8 Å². The van der Waals surface area contributed by atoms with Crippen LogP contribution in [0.3, 0.4) is 0 Å². The molecule has 1 atom stereocenters. The van der Waals surface area contributed by atoms with Crippen LogP contribution in [0.25, 0.3) is 0 Å². The lowest BCUT2D eigenvalue weighted by atomic mass is 10.0. The maximum absolute atomic E-state index is 11.9. The molecule has 0 spiro atoms. The molecule has 0 saturated heterocycles. The number of nitrogens with one attached hydrogen (secondary N) is 1. The molecule has 4 heteroatoms. The Morgan fingerprint density at radius 1 is 1.19 bits per heavy atom. The average Bonchev–Trinajstić information content (AvgIpc) is 2.55. The zero-order valence-corrected chi connectivity index (χ0v) is 12.7. The molecule has 0 aromatic heterocycles. The van der Waals surface area contributed by atoms with Gasteiger partial charge in [-0.3, -0.25) is 0 Å². The smallest absolute Gasteiger partial charge is 0.339 e. The van der Waals surface area contributed by atoms with Crippen molar-refractivity contribution in [1.82, 2.24) is 0 Å². The predicted molar refractivity (Wildman–Crippen MR) is 86.7 cm³/mol. The van der Waals surface area contributed by atoms with Gasteiger partial charge in [0.1, 0.15) is 0 Å². The Labute approximate surface area is 128 Å². The lowest BCUT2D eigenvalue weighted by molar-refractivity contribution is 0.0602. The van der Waals surface area contributed by atoms with Crippen molar-refractivity contribution in [2.24, 2.45) is 0 Å². The van der Waals surface area contributed by atoms with E-state index in [9.17, 15) is 4.79 Å². The molecule has 2 aromatic carbocycles. The predicted octanol–water partition coefficient (Wildman–Crippen LogP) is 3.87. The van der Waals surface area contributed by atoms with Crippen molar-refractivity contribution in [2.45, 2.75) is 11.8 Å². The van der Waals surface area contributed by atoms with E-state index < -0.39 is 0 Å². The van der Waals surface area contributed by atoms with E-state index in [1.807, 2.05) is 30.0 Å². The first-order valence-corrected chi connectivity index (χ1v) is 8.04. The molecule has 1 heterocycles. The summed E-state index contributed by atoms with van der Waals surface area (Å²) in [6.45, 7) is 0. The lowest BCUT2D eigenvalue weighted by Crippen LogP contribution is -2.20. The molecule has 0 radical (unpaired) electrons. The van der Waals surface area contributed by atoms with Gasteiger partial charge < -0.3 is 10.1 Å². The fraction of sp³-hybridized carbons (Fsp3) is 0.235. The maximum atomic E-state index is 11.9. The second kappa shape index (κ2) is 6.22. The molecule has 1 aliphatic rings. The summed E-state index contributed by atoms with van der Waals surface area (Å²) in [5, 5.41) is 3.50. The molecule has 2 aromatic rings. The highest BCUT2D eigenvalue weighted by atomic mass is 32.2. The molecule has 21 heavy (non-hydrogen) atoms. The Morgan fingerprint density at radius 3 is 2.81 bits per heavy atom. The number of hydrogen-bond acceptors (Lipinski definition) is 4. The molecule has 0 aliphatic carbocycles. The van der Waals surface area contributed by atoms with Gasteiger partial charge in [0.05, 0.1) is 18.7 Å². The Bertz CT molecular complexity index is 657. The highest BCUT2D eigenvalue weighted by molar-refractivity contribution is 7.98. The summed E-state index contributed by atoms with van der Waals surface area (Å²) >= 11 is 1.91. The molecule has 108 valence electrons. The van der Waals surface area contributed by atoms with E-state index in [-0.39, 0.29) is 12.0 Å². The standard InChI is InChI=1S/C17H17NO2S/c1-20-17(19)14-8-4-5-9-15(14)18-16-11-21-10-12-6-2-3-7-13(12)16/h2-9,16,18H,10-11H2,1H3. The van der Waals surface area contributed by atoms with Gasteiger partial charge in [-0.25, -0.2) is 4.79 Å². The third kappa shape index (κ3) is 2.90. The van der Waals surface area contributed by atoms with Crippen LogP contribution in [0.1, 0.15) is 27.5 Å². The van der Waals surface area contributed by atoms with Gasteiger partial charge in [0.2, 0.25) is 0 Å². The number of hydrogen-bond donors (Lipinski definition) is 1. The minimum absolute atomic E-state index is 0.214. The normalized spacial score (nSPS) is 16.9. The number of fused-ring (bicyclic) bond motifs is 1. The second-order valence-electron chi connectivity index (χ2n) is 4.95. The lowest BCUT2D eigenvalue weighted by Gasteiger charge is -2.27. The highest BCUT2D eigenvalue weighted by Gasteiger charge is 2.21. The minimum Gasteiger partial charge on any atom is -0.465 e. The van der Waals surface area contributed by atoms with Crippen LogP contribution < -0.4 is 5.32 Å². The fourth-order valence-corrected chi connectivity index (χ4v) is 3.69. The molecule has 1 unspecified atom stereocenters. The Morgan fingerprint density at radius 2 is 1.95 bits per heavy atom. The number of anilines is 1. The molecular weight excluding hydrogens is 282 g/mol. The van der Waals surface area contributed by atoms with Gasteiger partial charge in [-0.05, 0) is 23.3 Å².